The molecule has 0 aliphatic carbocycles. The van der Waals surface area contributed by atoms with Gasteiger partial charge in [-0.05, 0) is 32.4 Å². The molecule has 2 N–H and O–H groups in total. The van der Waals surface area contributed by atoms with Crippen molar-refractivity contribution in [1.82, 2.24) is 10.3 Å². The van der Waals surface area contributed by atoms with Gasteiger partial charge in [-0.25, -0.2) is 9.78 Å². The lowest BCUT2D eigenvalue weighted by Gasteiger charge is -2.40. The van der Waals surface area contributed by atoms with Gasteiger partial charge in [0.25, 0.3) is 0 Å². The van der Waals surface area contributed by atoms with Crippen LogP contribution in [0.5, 0.6) is 0 Å². The van der Waals surface area contributed by atoms with Crippen LogP contribution in [-0.4, -0.2) is 41.2 Å². The second-order valence-electron chi connectivity index (χ2n) is 5.37. The Balaban J connectivity index is 2.32. The number of nitrogens with zero attached hydrogens (tertiary/aromatic N) is 2. The van der Waals surface area contributed by atoms with Crippen molar-refractivity contribution in [2.45, 2.75) is 26.3 Å². The molecule has 1 aromatic rings. The summed E-state index contributed by atoms with van der Waals surface area (Å²) in [5, 5.41) is 12.4. The summed E-state index contributed by atoms with van der Waals surface area (Å²) in [6, 6.07) is 3.37. The van der Waals surface area contributed by atoms with Crippen LogP contribution in [0.3, 0.4) is 0 Å². The third kappa shape index (κ3) is 2.61. The van der Waals surface area contributed by atoms with Crippen LogP contribution in [0.1, 0.15) is 29.9 Å². The van der Waals surface area contributed by atoms with Gasteiger partial charge in [0.15, 0.2) is 5.69 Å². The van der Waals surface area contributed by atoms with Gasteiger partial charge < -0.3 is 15.3 Å². The predicted molar refractivity (Wildman–Crippen MR) is 70.2 cm³/mol. The van der Waals surface area contributed by atoms with Gasteiger partial charge in [0.2, 0.25) is 0 Å². The second-order valence-corrected chi connectivity index (χ2v) is 5.37. The van der Waals surface area contributed by atoms with Crippen LogP contribution in [0.2, 0.25) is 0 Å². The molecule has 1 aliphatic rings. The van der Waals surface area contributed by atoms with Crippen LogP contribution in [0.4, 0.5) is 5.82 Å². The van der Waals surface area contributed by atoms with Crippen LogP contribution in [0.25, 0.3) is 0 Å². The zero-order valence-electron chi connectivity index (χ0n) is 11.0. The highest BCUT2D eigenvalue weighted by Gasteiger charge is 2.27. The van der Waals surface area contributed by atoms with E-state index in [1.807, 2.05) is 13.0 Å². The highest BCUT2D eigenvalue weighted by atomic mass is 16.4. The first-order valence-corrected chi connectivity index (χ1v) is 6.10. The van der Waals surface area contributed by atoms with Crippen molar-refractivity contribution in [3.63, 3.8) is 0 Å². The second kappa shape index (κ2) is 4.57. The molecular weight excluding hydrogens is 230 g/mol. The number of carboxylic acids is 1. The molecule has 98 valence electrons. The summed E-state index contributed by atoms with van der Waals surface area (Å²) in [6.45, 7) is 8.78. The van der Waals surface area contributed by atoms with Gasteiger partial charge in [-0.15, -0.1) is 0 Å². The van der Waals surface area contributed by atoms with E-state index in [1.165, 1.54) is 0 Å². The van der Waals surface area contributed by atoms with Gasteiger partial charge in [-0.2, -0.15) is 0 Å². The first-order valence-electron chi connectivity index (χ1n) is 6.10. The number of anilines is 1. The molecule has 0 spiro atoms. The number of carbonyl (C=O) groups is 1. The highest BCUT2D eigenvalue weighted by Crippen LogP contribution is 2.22. The lowest BCUT2D eigenvalue weighted by atomic mass is 10.0. The average molecular weight is 249 g/mol. The maximum atomic E-state index is 11.0. The molecule has 0 unspecified atom stereocenters. The minimum atomic E-state index is -0.981. The number of aryl methyl sites for hydroxylation is 1. The van der Waals surface area contributed by atoms with E-state index in [0.29, 0.717) is 0 Å². The Morgan fingerprint density at radius 3 is 2.83 bits per heavy atom. The summed E-state index contributed by atoms with van der Waals surface area (Å²) in [4.78, 5) is 17.4. The number of pyridine rings is 1. The summed E-state index contributed by atoms with van der Waals surface area (Å²) < 4.78 is 0. The van der Waals surface area contributed by atoms with Gasteiger partial charge in [0.05, 0.1) is 0 Å². The minimum Gasteiger partial charge on any atom is -0.477 e. The number of piperazine rings is 1. The van der Waals surface area contributed by atoms with Crippen LogP contribution < -0.4 is 10.2 Å². The summed E-state index contributed by atoms with van der Waals surface area (Å²) in [5.41, 5.74) is 1.13. The zero-order valence-corrected chi connectivity index (χ0v) is 11.0. The molecule has 0 bridgehead atoms. The van der Waals surface area contributed by atoms with Crippen molar-refractivity contribution in [3.8, 4) is 0 Å². The number of hydrogen-bond acceptors (Lipinski definition) is 4. The zero-order chi connectivity index (χ0) is 13.3. The molecule has 1 aromatic heterocycles. The molecule has 0 aromatic carbocycles. The maximum Gasteiger partial charge on any atom is 0.354 e. The van der Waals surface area contributed by atoms with Gasteiger partial charge in [0, 0.05) is 25.2 Å². The molecule has 0 radical (unpaired) electrons. The topological polar surface area (TPSA) is 65.5 Å². The first-order chi connectivity index (χ1) is 8.39. The quantitative estimate of drug-likeness (QED) is 0.826. The van der Waals surface area contributed by atoms with E-state index in [1.54, 1.807) is 6.07 Å². The molecule has 0 saturated carbocycles. The number of aromatic carboxylic acids is 1. The smallest absolute Gasteiger partial charge is 0.354 e. The van der Waals surface area contributed by atoms with E-state index in [9.17, 15) is 4.79 Å². The SMILES string of the molecule is Cc1ccc(C(=O)O)nc1N1CCNC(C)(C)C1. The predicted octanol–water partition coefficient (Wildman–Crippen LogP) is 1.28. The standard InChI is InChI=1S/C13H19N3O2/c1-9-4-5-10(12(17)18)15-11(9)16-7-6-14-13(2,3)8-16/h4-5,14H,6-8H2,1-3H3,(H,17,18). The van der Waals surface area contributed by atoms with E-state index in [0.717, 1.165) is 31.0 Å². The monoisotopic (exact) mass is 249 g/mol. The number of hydrogen-bond donors (Lipinski definition) is 2. The van der Waals surface area contributed by atoms with E-state index in [2.05, 4.69) is 29.0 Å². The van der Waals surface area contributed by atoms with Crippen LogP contribution >= 0.6 is 0 Å². The molecule has 2 rings (SSSR count). The van der Waals surface area contributed by atoms with Crippen molar-refractivity contribution < 1.29 is 9.90 Å². The molecule has 1 fully saturated rings. The van der Waals surface area contributed by atoms with Gasteiger partial charge >= 0.3 is 5.97 Å². The van der Waals surface area contributed by atoms with Crippen molar-refractivity contribution in [2.75, 3.05) is 24.5 Å². The van der Waals surface area contributed by atoms with Crippen LogP contribution in [0, 0.1) is 6.92 Å². The normalized spacial score (nSPS) is 18.7. The Hall–Kier alpha value is -1.62. The number of rotatable bonds is 2. The van der Waals surface area contributed by atoms with Crippen molar-refractivity contribution >= 4 is 11.8 Å². The lowest BCUT2D eigenvalue weighted by Crippen LogP contribution is -2.57. The Bertz CT molecular complexity index is 471. The fourth-order valence-electron chi connectivity index (χ4n) is 2.28. The maximum absolute atomic E-state index is 11.0. The van der Waals surface area contributed by atoms with Crippen LogP contribution in [0.15, 0.2) is 12.1 Å². The molecule has 5 heteroatoms. The van der Waals surface area contributed by atoms with E-state index in [-0.39, 0.29) is 11.2 Å². The third-order valence-corrected chi connectivity index (χ3v) is 3.16. The molecule has 0 amide bonds. The largest absolute Gasteiger partial charge is 0.477 e. The Morgan fingerprint density at radius 2 is 2.22 bits per heavy atom. The molecule has 5 nitrogen and oxygen atoms in total. The molecule has 18 heavy (non-hydrogen) atoms. The first kappa shape index (κ1) is 12.8. The van der Waals surface area contributed by atoms with E-state index in [4.69, 9.17) is 5.11 Å². The Morgan fingerprint density at radius 1 is 1.50 bits per heavy atom. The third-order valence-electron chi connectivity index (χ3n) is 3.16. The summed E-state index contributed by atoms with van der Waals surface area (Å²) in [6.07, 6.45) is 0. The molecule has 2 heterocycles. The van der Waals surface area contributed by atoms with Gasteiger partial charge in [-0.1, -0.05) is 6.07 Å². The minimum absolute atomic E-state index is 0.0194. The molecule has 0 atom stereocenters. The highest BCUT2D eigenvalue weighted by molar-refractivity contribution is 5.86. The molecular formula is C13H19N3O2. The Labute approximate surface area is 107 Å². The fourth-order valence-corrected chi connectivity index (χ4v) is 2.28. The van der Waals surface area contributed by atoms with Crippen molar-refractivity contribution in [2.24, 2.45) is 0 Å². The number of aromatic nitrogens is 1. The summed E-state index contributed by atoms with van der Waals surface area (Å²) in [7, 11) is 0. The molecule has 1 aliphatic heterocycles. The number of nitrogens with one attached hydrogen (secondary N) is 1. The van der Waals surface area contributed by atoms with Gasteiger partial charge in [0.1, 0.15) is 5.82 Å². The van der Waals surface area contributed by atoms with E-state index >= 15 is 0 Å². The molecule has 1 saturated heterocycles. The summed E-state index contributed by atoms with van der Waals surface area (Å²) in [5.74, 6) is -0.199. The van der Waals surface area contributed by atoms with E-state index < -0.39 is 5.97 Å². The van der Waals surface area contributed by atoms with Crippen LogP contribution in [-0.2, 0) is 0 Å². The van der Waals surface area contributed by atoms with Gasteiger partial charge in [-0.3, -0.25) is 0 Å². The fraction of sp³-hybridized carbons (Fsp3) is 0.538. The van der Waals surface area contributed by atoms with Crippen molar-refractivity contribution in [1.29, 1.82) is 0 Å². The average Bonchev–Trinajstić information content (AvgIpc) is 2.27. The Kier molecular flexibility index (Phi) is 3.26. The van der Waals surface area contributed by atoms with Crippen molar-refractivity contribution in [3.05, 3.63) is 23.4 Å². The number of carboxylic acid groups (broad SMARTS) is 1. The lowest BCUT2D eigenvalue weighted by molar-refractivity contribution is 0.0690. The summed E-state index contributed by atoms with van der Waals surface area (Å²) >= 11 is 0.